The lowest BCUT2D eigenvalue weighted by Gasteiger charge is -2.37. The van der Waals surface area contributed by atoms with Gasteiger partial charge in [0.2, 0.25) is 0 Å². The third kappa shape index (κ3) is 5.45. The SMILES string of the molecule is CCC(C)c1cccc(C(OCOCC2CCCCC2)(C(F)(F)F)C(F)(F)F)c1. The lowest BCUT2D eigenvalue weighted by Crippen LogP contribution is -2.56. The maximum Gasteiger partial charge on any atom is 0.430 e. The van der Waals surface area contributed by atoms with Crippen LogP contribution in [0.2, 0.25) is 0 Å². The summed E-state index contributed by atoms with van der Waals surface area (Å²) >= 11 is 0. The molecule has 1 atom stereocenters. The smallest absolute Gasteiger partial charge is 0.355 e. The quantitative estimate of drug-likeness (QED) is 0.251. The van der Waals surface area contributed by atoms with Gasteiger partial charge in [-0.1, -0.05) is 57.4 Å². The molecule has 0 spiro atoms. The Morgan fingerprint density at radius 2 is 1.62 bits per heavy atom. The molecule has 2 nitrogen and oxygen atoms in total. The zero-order valence-electron chi connectivity index (χ0n) is 16.7. The van der Waals surface area contributed by atoms with Crippen molar-refractivity contribution in [2.24, 2.45) is 5.92 Å². The molecule has 0 heterocycles. The molecule has 1 unspecified atom stereocenters. The van der Waals surface area contributed by atoms with Crippen LogP contribution in [-0.2, 0) is 15.1 Å². The Labute approximate surface area is 167 Å². The predicted molar refractivity (Wildman–Crippen MR) is 97.4 cm³/mol. The van der Waals surface area contributed by atoms with Gasteiger partial charge in [0.05, 0.1) is 6.61 Å². The summed E-state index contributed by atoms with van der Waals surface area (Å²) < 4.78 is 92.8. The van der Waals surface area contributed by atoms with Gasteiger partial charge in [-0.05, 0) is 36.7 Å². The third-order valence-electron chi connectivity index (χ3n) is 5.71. The van der Waals surface area contributed by atoms with E-state index in [1.807, 2.05) is 6.92 Å². The summed E-state index contributed by atoms with van der Waals surface area (Å²) in [7, 11) is 0. The lowest BCUT2D eigenvalue weighted by atomic mass is 9.88. The molecule has 1 saturated carbocycles. The summed E-state index contributed by atoms with van der Waals surface area (Å²) in [4.78, 5) is 0. The van der Waals surface area contributed by atoms with Gasteiger partial charge in [-0.3, -0.25) is 0 Å². The van der Waals surface area contributed by atoms with E-state index in [9.17, 15) is 26.3 Å². The summed E-state index contributed by atoms with van der Waals surface area (Å²) in [6.45, 7) is 2.58. The van der Waals surface area contributed by atoms with Crippen molar-refractivity contribution >= 4 is 0 Å². The van der Waals surface area contributed by atoms with E-state index in [0.717, 1.165) is 44.2 Å². The summed E-state index contributed by atoms with van der Waals surface area (Å²) in [6.07, 6.45) is -6.02. The Morgan fingerprint density at radius 3 is 2.17 bits per heavy atom. The zero-order chi connectivity index (χ0) is 21.7. The second-order valence-electron chi connectivity index (χ2n) is 7.75. The van der Waals surface area contributed by atoms with Gasteiger partial charge in [-0.2, -0.15) is 26.3 Å². The molecule has 1 aliphatic rings. The van der Waals surface area contributed by atoms with Gasteiger partial charge in [-0.25, -0.2) is 0 Å². The Hall–Kier alpha value is -1.28. The highest BCUT2D eigenvalue weighted by Gasteiger charge is 2.73. The minimum atomic E-state index is -5.70. The van der Waals surface area contributed by atoms with Gasteiger partial charge in [0.15, 0.2) is 0 Å². The van der Waals surface area contributed by atoms with E-state index in [0.29, 0.717) is 12.0 Å². The average molecular weight is 426 g/mol. The third-order valence-corrected chi connectivity index (χ3v) is 5.71. The van der Waals surface area contributed by atoms with Crippen LogP contribution in [0.3, 0.4) is 0 Å². The van der Waals surface area contributed by atoms with Crippen LogP contribution in [0.25, 0.3) is 0 Å². The highest BCUT2D eigenvalue weighted by molar-refractivity contribution is 5.33. The molecular weight excluding hydrogens is 398 g/mol. The molecule has 0 saturated heterocycles. The van der Waals surface area contributed by atoms with Crippen molar-refractivity contribution in [2.75, 3.05) is 13.4 Å². The van der Waals surface area contributed by atoms with Crippen LogP contribution in [-0.4, -0.2) is 25.8 Å². The van der Waals surface area contributed by atoms with Gasteiger partial charge in [-0.15, -0.1) is 0 Å². The number of hydrogen-bond acceptors (Lipinski definition) is 2. The fourth-order valence-corrected chi connectivity index (χ4v) is 3.73. The normalized spacial score (nSPS) is 18.1. The van der Waals surface area contributed by atoms with Crippen LogP contribution in [0.1, 0.15) is 69.4 Å². The van der Waals surface area contributed by atoms with E-state index in [1.165, 1.54) is 12.1 Å². The topological polar surface area (TPSA) is 18.5 Å². The number of halogens is 6. The van der Waals surface area contributed by atoms with Crippen LogP contribution < -0.4 is 0 Å². The van der Waals surface area contributed by atoms with Crippen LogP contribution in [0.15, 0.2) is 24.3 Å². The van der Waals surface area contributed by atoms with Crippen molar-refractivity contribution in [3.8, 4) is 0 Å². The van der Waals surface area contributed by atoms with Crippen LogP contribution in [0.4, 0.5) is 26.3 Å². The molecule has 0 amide bonds. The Bertz CT molecular complexity index is 621. The maximum absolute atomic E-state index is 13.9. The van der Waals surface area contributed by atoms with Crippen molar-refractivity contribution in [3.05, 3.63) is 35.4 Å². The molecule has 1 fully saturated rings. The summed E-state index contributed by atoms with van der Waals surface area (Å²) in [5.41, 5.74) is -5.01. The lowest BCUT2D eigenvalue weighted by molar-refractivity contribution is -0.402. The monoisotopic (exact) mass is 426 g/mol. The van der Waals surface area contributed by atoms with Crippen molar-refractivity contribution in [3.63, 3.8) is 0 Å². The predicted octanol–water partition coefficient (Wildman–Crippen LogP) is 7.09. The van der Waals surface area contributed by atoms with Gasteiger partial charge in [0.1, 0.15) is 6.79 Å². The molecule has 1 aliphatic carbocycles. The van der Waals surface area contributed by atoms with E-state index in [4.69, 9.17) is 4.74 Å². The average Bonchev–Trinajstić information content (AvgIpc) is 2.66. The number of alkyl halides is 6. The van der Waals surface area contributed by atoms with E-state index >= 15 is 0 Å². The van der Waals surface area contributed by atoms with E-state index in [-0.39, 0.29) is 18.4 Å². The molecule has 29 heavy (non-hydrogen) atoms. The number of benzene rings is 1. The molecule has 0 bridgehead atoms. The maximum atomic E-state index is 13.9. The Morgan fingerprint density at radius 1 is 1.00 bits per heavy atom. The molecule has 1 aromatic rings. The molecule has 0 radical (unpaired) electrons. The molecule has 166 valence electrons. The second-order valence-corrected chi connectivity index (χ2v) is 7.75. The van der Waals surface area contributed by atoms with Gasteiger partial charge in [0.25, 0.3) is 5.60 Å². The van der Waals surface area contributed by atoms with Gasteiger partial charge >= 0.3 is 12.4 Å². The van der Waals surface area contributed by atoms with E-state index in [2.05, 4.69) is 4.74 Å². The number of ether oxygens (including phenoxy) is 2. The number of rotatable bonds is 8. The summed E-state index contributed by atoms with van der Waals surface area (Å²) in [5, 5.41) is 0. The van der Waals surface area contributed by atoms with Crippen LogP contribution in [0, 0.1) is 5.92 Å². The zero-order valence-corrected chi connectivity index (χ0v) is 16.7. The van der Waals surface area contributed by atoms with E-state index < -0.39 is 30.3 Å². The molecule has 8 heteroatoms. The van der Waals surface area contributed by atoms with Crippen LogP contribution in [0.5, 0.6) is 0 Å². The highest BCUT2D eigenvalue weighted by atomic mass is 19.4. The fraction of sp³-hybridized carbons (Fsp3) is 0.714. The first-order valence-corrected chi connectivity index (χ1v) is 9.98. The van der Waals surface area contributed by atoms with Crippen molar-refractivity contribution in [1.82, 2.24) is 0 Å². The first-order chi connectivity index (χ1) is 13.5. The highest BCUT2D eigenvalue weighted by Crippen LogP contribution is 2.53. The molecule has 0 N–H and O–H groups in total. The first-order valence-electron chi connectivity index (χ1n) is 9.98. The minimum Gasteiger partial charge on any atom is -0.355 e. The van der Waals surface area contributed by atoms with E-state index in [1.54, 1.807) is 6.92 Å². The van der Waals surface area contributed by atoms with Crippen LogP contribution >= 0.6 is 0 Å². The standard InChI is InChI=1S/C21H28F6O2/c1-3-15(2)17-10-7-11-18(12-17)19(20(22,23)24,21(25,26)27)29-14-28-13-16-8-5-4-6-9-16/h7,10-12,15-16H,3-6,8-9,13-14H2,1-2H3. The first kappa shape index (κ1) is 24.0. The summed E-state index contributed by atoms with van der Waals surface area (Å²) in [5.74, 6) is -0.0380. The molecular formula is C21H28F6O2. The van der Waals surface area contributed by atoms with Gasteiger partial charge < -0.3 is 9.47 Å². The number of hydrogen-bond donors (Lipinski definition) is 0. The Kier molecular flexibility index (Phi) is 8.01. The largest absolute Gasteiger partial charge is 0.430 e. The van der Waals surface area contributed by atoms with Gasteiger partial charge in [0, 0.05) is 5.56 Å². The molecule has 0 aliphatic heterocycles. The summed E-state index contributed by atoms with van der Waals surface area (Å²) in [6, 6.07) is 4.48. The minimum absolute atomic E-state index is 0.0959. The fourth-order valence-electron chi connectivity index (χ4n) is 3.73. The van der Waals surface area contributed by atoms with Crippen molar-refractivity contribution in [1.29, 1.82) is 0 Å². The molecule has 2 rings (SSSR count). The second kappa shape index (κ2) is 9.69. The van der Waals surface area contributed by atoms with Crippen molar-refractivity contribution in [2.45, 2.75) is 76.2 Å². The van der Waals surface area contributed by atoms with Crippen molar-refractivity contribution < 1.29 is 35.8 Å². The Balaban J connectivity index is 2.28. The molecule has 0 aromatic heterocycles. The molecule has 1 aromatic carbocycles.